The lowest BCUT2D eigenvalue weighted by molar-refractivity contribution is -0.915. The zero-order chi connectivity index (χ0) is 18.8. The molecule has 1 atom stereocenters. The van der Waals surface area contributed by atoms with Crippen LogP contribution in [0.25, 0.3) is 0 Å². The van der Waals surface area contributed by atoms with Crippen LogP contribution in [-0.4, -0.2) is 51.1 Å². The van der Waals surface area contributed by atoms with Gasteiger partial charge in [0.2, 0.25) is 5.91 Å². The fourth-order valence-electron chi connectivity index (χ4n) is 3.92. The number of quaternary nitrogens is 1. The van der Waals surface area contributed by atoms with E-state index in [1.165, 1.54) is 9.80 Å². The number of carbonyl (C=O) groups is 2. The third kappa shape index (κ3) is 3.38. The number of nitrogens with one attached hydrogen (secondary N) is 2. The van der Waals surface area contributed by atoms with Crippen molar-refractivity contribution in [3.8, 4) is 5.75 Å². The first kappa shape index (κ1) is 17.5. The molecule has 1 aromatic carbocycles. The van der Waals surface area contributed by atoms with Crippen LogP contribution >= 0.6 is 0 Å². The molecule has 0 bridgehead atoms. The molecule has 7 heteroatoms. The zero-order valence-electron chi connectivity index (χ0n) is 15.4. The molecule has 2 N–H and O–H groups in total. The maximum atomic E-state index is 13.0. The van der Waals surface area contributed by atoms with E-state index >= 15 is 0 Å². The lowest BCUT2D eigenvalue weighted by Crippen LogP contribution is -3.19. The lowest BCUT2D eigenvalue weighted by Gasteiger charge is -2.31. The Morgan fingerprint density at radius 3 is 2.44 bits per heavy atom. The van der Waals surface area contributed by atoms with Gasteiger partial charge in [-0.15, -0.1) is 0 Å². The minimum Gasteiger partial charge on any atom is -0.497 e. The molecule has 2 saturated heterocycles. The monoisotopic (exact) mass is 368 g/mol. The third-order valence-electron chi connectivity index (χ3n) is 5.41. The largest absolute Gasteiger partial charge is 0.497 e. The maximum absolute atomic E-state index is 13.0. The Morgan fingerprint density at radius 2 is 1.81 bits per heavy atom. The Morgan fingerprint density at radius 1 is 1.07 bits per heavy atom. The highest BCUT2D eigenvalue weighted by atomic mass is 16.5. The van der Waals surface area contributed by atoms with Gasteiger partial charge in [0.25, 0.3) is 11.7 Å². The van der Waals surface area contributed by atoms with Gasteiger partial charge < -0.3 is 9.64 Å². The summed E-state index contributed by atoms with van der Waals surface area (Å²) in [6.45, 7) is 3.39. The van der Waals surface area contributed by atoms with Crippen molar-refractivity contribution in [3.05, 3.63) is 48.7 Å². The summed E-state index contributed by atoms with van der Waals surface area (Å²) < 4.78 is 5.15. The highest BCUT2D eigenvalue weighted by Gasteiger charge is 2.47. The van der Waals surface area contributed by atoms with Crippen LogP contribution in [0.5, 0.6) is 5.75 Å². The van der Waals surface area contributed by atoms with Gasteiger partial charge in [-0.2, -0.15) is 0 Å². The van der Waals surface area contributed by atoms with E-state index in [9.17, 15) is 9.59 Å². The van der Waals surface area contributed by atoms with Crippen molar-refractivity contribution in [1.29, 1.82) is 0 Å². The zero-order valence-corrected chi connectivity index (χ0v) is 15.4. The summed E-state index contributed by atoms with van der Waals surface area (Å²) in [4.78, 5) is 33.5. The van der Waals surface area contributed by atoms with Crippen molar-refractivity contribution in [2.75, 3.05) is 43.1 Å². The number of amides is 2. The van der Waals surface area contributed by atoms with Crippen LogP contribution in [0.3, 0.4) is 0 Å². The predicted molar refractivity (Wildman–Crippen MR) is 99.8 cm³/mol. The number of anilines is 2. The van der Waals surface area contributed by atoms with Crippen LogP contribution in [-0.2, 0) is 9.59 Å². The second kappa shape index (κ2) is 7.36. The second-order valence-electron chi connectivity index (χ2n) is 6.92. The molecule has 0 unspecified atom stereocenters. The highest BCUT2D eigenvalue weighted by Crippen LogP contribution is 2.24. The molecule has 2 amide bonds. The molecular weight excluding hydrogens is 344 g/mol. The first-order valence-corrected chi connectivity index (χ1v) is 9.24. The summed E-state index contributed by atoms with van der Waals surface area (Å²) >= 11 is 0. The van der Waals surface area contributed by atoms with Crippen LogP contribution in [0.15, 0.2) is 48.7 Å². The van der Waals surface area contributed by atoms with E-state index < -0.39 is 0 Å². The van der Waals surface area contributed by atoms with Gasteiger partial charge in [0.05, 0.1) is 25.4 Å². The van der Waals surface area contributed by atoms with E-state index in [4.69, 9.17) is 4.74 Å². The predicted octanol–water partition coefficient (Wildman–Crippen LogP) is -0.454. The summed E-state index contributed by atoms with van der Waals surface area (Å²) in [5, 5.41) is 0. The first-order chi connectivity index (χ1) is 13.2. The van der Waals surface area contributed by atoms with E-state index in [1.54, 1.807) is 31.4 Å². The van der Waals surface area contributed by atoms with Crippen molar-refractivity contribution < 1.29 is 24.2 Å². The highest BCUT2D eigenvalue weighted by molar-refractivity contribution is 6.21. The summed E-state index contributed by atoms with van der Waals surface area (Å²) in [7, 11) is 1.59. The van der Waals surface area contributed by atoms with Crippen LogP contribution in [0, 0.1) is 0 Å². The van der Waals surface area contributed by atoms with Crippen LogP contribution in [0.4, 0.5) is 11.5 Å². The second-order valence-corrected chi connectivity index (χ2v) is 6.92. The van der Waals surface area contributed by atoms with Gasteiger partial charge in [0, 0.05) is 6.07 Å². The number of carbonyl (C=O) groups excluding carboxylic acids is 2. The number of rotatable bonds is 4. The molecule has 2 aliphatic heterocycles. The van der Waals surface area contributed by atoms with Gasteiger partial charge in [0.15, 0.2) is 6.04 Å². The molecule has 2 aliphatic rings. The third-order valence-corrected chi connectivity index (χ3v) is 5.41. The fraction of sp³-hybridized carbons (Fsp3) is 0.350. The number of ether oxygens (including phenoxy) is 1. The van der Waals surface area contributed by atoms with Gasteiger partial charge in [-0.25, -0.2) is 9.88 Å². The number of benzene rings is 1. The number of methoxy groups -OCH3 is 1. The van der Waals surface area contributed by atoms with E-state index in [-0.39, 0.29) is 24.3 Å². The van der Waals surface area contributed by atoms with E-state index in [0.717, 1.165) is 32.0 Å². The number of aromatic nitrogens is 1. The SMILES string of the molecule is COc1ccc(N2C(=O)C[C@@H]([NH+]3CCN(c4cccc[nH+]4)CC3)C2=O)cc1. The molecule has 3 heterocycles. The number of hydrogen-bond acceptors (Lipinski definition) is 4. The minimum absolute atomic E-state index is 0.0973. The fourth-order valence-corrected chi connectivity index (χ4v) is 3.92. The average Bonchev–Trinajstić information content (AvgIpc) is 3.03. The van der Waals surface area contributed by atoms with Gasteiger partial charge >= 0.3 is 0 Å². The summed E-state index contributed by atoms with van der Waals surface area (Å²) in [5.74, 6) is 1.57. The average molecular weight is 368 g/mol. The molecule has 0 radical (unpaired) electrons. The first-order valence-electron chi connectivity index (χ1n) is 9.24. The molecule has 0 aliphatic carbocycles. The minimum atomic E-state index is -0.290. The number of nitrogens with zero attached hydrogens (tertiary/aromatic N) is 2. The van der Waals surface area contributed by atoms with Gasteiger partial charge in [0.1, 0.15) is 31.9 Å². The maximum Gasteiger partial charge on any atom is 0.292 e. The topological polar surface area (TPSA) is 68.4 Å². The number of H-pyrrole nitrogens is 1. The Labute approximate surface area is 158 Å². The van der Waals surface area contributed by atoms with E-state index in [0.29, 0.717) is 11.4 Å². The number of pyridine rings is 1. The van der Waals surface area contributed by atoms with Gasteiger partial charge in [-0.3, -0.25) is 14.5 Å². The molecule has 2 aromatic rings. The number of imide groups is 1. The number of piperazine rings is 1. The molecule has 2 fully saturated rings. The van der Waals surface area contributed by atoms with Crippen molar-refractivity contribution in [2.45, 2.75) is 12.5 Å². The molecule has 140 valence electrons. The quantitative estimate of drug-likeness (QED) is 0.742. The molecule has 0 spiro atoms. The Hall–Kier alpha value is -2.93. The van der Waals surface area contributed by atoms with Crippen molar-refractivity contribution in [3.63, 3.8) is 0 Å². The standard InChI is InChI=1S/C20H22N4O3/c1-27-16-7-5-15(6-8-16)24-19(25)14-17(20(24)26)22-10-12-23(13-11-22)18-4-2-3-9-21-18/h2-9,17H,10-14H2,1H3/p+2/t17-/m1/s1. The van der Waals surface area contributed by atoms with Gasteiger partial charge in [-0.05, 0) is 30.3 Å². The smallest absolute Gasteiger partial charge is 0.292 e. The van der Waals surface area contributed by atoms with Gasteiger partial charge in [-0.1, -0.05) is 6.07 Å². The summed E-state index contributed by atoms with van der Waals surface area (Å²) in [5.41, 5.74) is 0.616. The molecular formula is C20H24N4O3+2. The molecule has 1 aromatic heterocycles. The lowest BCUT2D eigenvalue weighted by atomic mass is 10.1. The van der Waals surface area contributed by atoms with Crippen molar-refractivity contribution in [1.82, 2.24) is 0 Å². The van der Waals surface area contributed by atoms with Crippen LogP contribution in [0.1, 0.15) is 6.42 Å². The number of aromatic amines is 1. The normalized spacial score (nSPS) is 21.0. The Kier molecular flexibility index (Phi) is 4.77. The molecule has 4 rings (SSSR count). The number of hydrogen-bond donors (Lipinski definition) is 1. The Bertz CT molecular complexity index is 817. The molecule has 27 heavy (non-hydrogen) atoms. The molecule has 0 saturated carbocycles. The Balaban J connectivity index is 1.43. The van der Waals surface area contributed by atoms with Crippen molar-refractivity contribution in [2.24, 2.45) is 0 Å². The van der Waals surface area contributed by atoms with E-state index in [2.05, 4.69) is 16.0 Å². The van der Waals surface area contributed by atoms with Crippen LogP contribution < -0.4 is 24.4 Å². The van der Waals surface area contributed by atoms with Crippen LogP contribution in [0.2, 0.25) is 0 Å². The summed E-state index contributed by atoms with van der Waals surface area (Å²) in [6.07, 6.45) is 2.19. The van der Waals surface area contributed by atoms with Crippen molar-refractivity contribution >= 4 is 23.3 Å². The summed E-state index contributed by atoms with van der Waals surface area (Å²) in [6, 6.07) is 12.8. The molecule has 7 nitrogen and oxygen atoms in total. The van der Waals surface area contributed by atoms with E-state index in [1.807, 2.05) is 18.3 Å².